The number of nitrogens with two attached hydrogens (primary N) is 1. The van der Waals surface area contributed by atoms with Crippen molar-refractivity contribution in [2.24, 2.45) is 5.73 Å². The standard InChI is InChI=1S/C13H16N4OS/c1-8-4-6-11(7-5-8)17-10(3)15-16-13(17)19-9(2)12(14)18/h4-7,9H,1-3H3,(H2,14,18). The van der Waals surface area contributed by atoms with Gasteiger partial charge in [0.05, 0.1) is 5.25 Å². The quantitative estimate of drug-likeness (QED) is 0.865. The second-order valence-corrected chi connectivity index (χ2v) is 5.67. The van der Waals surface area contributed by atoms with Crippen LogP contribution in [0.3, 0.4) is 0 Å². The summed E-state index contributed by atoms with van der Waals surface area (Å²) >= 11 is 1.31. The Hall–Kier alpha value is -1.82. The van der Waals surface area contributed by atoms with Gasteiger partial charge in [-0.15, -0.1) is 10.2 Å². The molecule has 0 radical (unpaired) electrons. The molecular formula is C13H16N4OS. The van der Waals surface area contributed by atoms with Gasteiger partial charge in [-0.05, 0) is 32.9 Å². The molecule has 0 spiro atoms. The lowest BCUT2D eigenvalue weighted by atomic mass is 10.2. The number of aryl methyl sites for hydroxylation is 2. The molecule has 1 atom stereocenters. The van der Waals surface area contributed by atoms with E-state index in [4.69, 9.17) is 5.73 Å². The third-order valence-corrected chi connectivity index (χ3v) is 3.83. The highest BCUT2D eigenvalue weighted by molar-refractivity contribution is 8.00. The molecule has 0 saturated heterocycles. The summed E-state index contributed by atoms with van der Waals surface area (Å²) in [4.78, 5) is 11.1. The van der Waals surface area contributed by atoms with Gasteiger partial charge < -0.3 is 5.73 Å². The van der Waals surface area contributed by atoms with E-state index in [2.05, 4.69) is 10.2 Å². The van der Waals surface area contributed by atoms with Gasteiger partial charge in [-0.25, -0.2) is 0 Å². The summed E-state index contributed by atoms with van der Waals surface area (Å²) in [5.41, 5.74) is 7.45. The van der Waals surface area contributed by atoms with Gasteiger partial charge >= 0.3 is 0 Å². The predicted octanol–water partition coefficient (Wildman–Crippen LogP) is 1.85. The largest absolute Gasteiger partial charge is 0.369 e. The Balaban J connectivity index is 2.37. The minimum Gasteiger partial charge on any atom is -0.369 e. The smallest absolute Gasteiger partial charge is 0.230 e. The fourth-order valence-corrected chi connectivity index (χ4v) is 2.49. The van der Waals surface area contributed by atoms with E-state index < -0.39 is 0 Å². The van der Waals surface area contributed by atoms with Crippen LogP contribution in [0.5, 0.6) is 0 Å². The molecule has 1 unspecified atom stereocenters. The fraction of sp³-hybridized carbons (Fsp3) is 0.308. The number of hydrogen-bond donors (Lipinski definition) is 1. The minimum atomic E-state index is -0.360. The van der Waals surface area contributed by atoms with E-state index >= 15 is 0 Å². The molecule has 6 heteroatoms. The molecule has 19 heavy (non-hydrogen) atoms. The third kappa shape index (κ3) is 2.96. The highest BCUT2D eigenvalue weighted by atomic mass is 32.2. The van der Waals surface area contributed by atoms with E-state index in [-0.39, 0.29) is 11.2 Å². The summed E-state index contributed by atoms with van der Waals surface area (Å²) in [5, 5.41) is 8.51. The summed E-state index contributed by atoms with van der Waals surface area (Å²) in [5.74, 6) is 0.420. The first-order chi connectivity index (χ1) is 8.99. The Kier molecular flexibility index (Phi) is 3.90. The monoisotopic (exact) mass is 276 g/mol. The SMILES string of the molecule is Cc1ccc(-n2c(C)nnc2SC(C)C(N)=O)cc1. The van der Waals surface area contributed by atoms with E-state index in [0.29, 0.717) is 5.16 Å². The number of carbonyl (C=O) groups excluding carboxylic acids is 1. The van der Waals surface area contributed by atoms with Crippen molar-refractivity contribution in [1.29, 1.82) is 0 Å². The topological polar surface area (TPSA) is 73.8 Å². The van der Waals surface area contributed by atoms with Gasteiger partial charge in [0.1, 0.15) is 5.82 Å². The number of carbonyl (C=O) groups is 1. The number of hydrogen-bond acceptors (Lipinski definition) is 4. The summed E-state index contributed by atoms with van der Waals surface area (Å²) < 4.78 is 1.92. The van der Waals surface area contributed by atoms with Crippen molar-refractivity contribution in [2.75, 3.05) is 0 Å². The second-order valence-electron chi connectivity index (χ2n) is 4.36. The van der Waals surface area contributed by atoms with Crippen LogP contribution in [0.25, 0.3) is 5.69 Å². The Labute approximate surface area is 116 Å². The van der Waals surface area contributed by atoms with Gasteiger partial charge in [0.25, 0.3) is 0 Å². The van der Waals surface area contributed by atoms with Crippen molar-refractivity contribution < 1.29 is 4.79 Å². The molecule has 0 aliphatic carbocycles. The number of amides is 1. The minimum absolute atomic E-state index is 0.340. The second kappa shape index (κ2) is 5.44. The molecule has 0 aliphatic heterocycles. The van der Waals surface area contributed by atoms with Crippen LogP contribution >= 0.6 is 11.8 Å². The number of thioether (sulfide) groups is 1. The molecule has 100 valence electrons. The van der Waals surface area contributed by atoms with Crippen LogP contribution in [-0.4, -0.2) is 25.9 Å². The van der Waals surface area contributed by atoms with Crippen molar-refractivity contribution in [3.63, 3.8) is 0 Å². The molecule has 0 saturated carbocycles. The van der Waals surface area contributed by atoms with Gasteiger partial charge in [-0.1, -0.05) is 29.5 Å². The number of nitrogens with zero attached hydrogens (tertiary/aromatic N) is 3. The van der Waals surface area contributed by atoms with Gasteiger partial charge in [0.15, 0.2) is 5.16 Å². The highest BCUT2D eigenvalue weighted by Gasteiger charge is 2.17. The van der Waals surface area contributed by atoms with Crippen LogP contribution in [0.2, 0.25) is 0 Å². The highest BCUT2D eigenvalue weighted by Crippen LogP contribution is 2.25. The Morgan fingerprint density at radius 2 is 1.89 bits per heavy atom. The molecule has 1 aromatic heterocycles. The summed E-state index contributed by atoms with van der Waals surface area (Å²) in [6.45, 7) is 5.68. The van der Waals surface area contributed by atoms with E-state index in [1.807, 2.05) is 42.7 Å². The van der Waals surface area contributed by atoms with E-state index in [1.165, 1.54) is 17.3 Å². The molecule has 2 aromatic rings. The van der Waals surface area contributed by atoms with Crippen molar-refractivity contribution in [3.8, 4) is 5.69 Å². The summed E-state index contributed by atoms with van der Waals surface area (Å²) in [6.07, 6.45) is 0. The normalized spacial score (nSPS) is 12.4. The molecule has 5 nitrogen and oxygen atoms in total. The van der Waals surface area contributed by atoms with E-state index in [0.717, 1.165) is 11.5 Å². The average molecular weight is 276 g/mol. The maximum absolute atomic E-state index is 11.1. The lowest BCUT2D eigenvalue weighted by molar-refractivity contribution is -0.117. The molecule has 2 rings (SSSR count). The number of rotatable bonds is 4. The van der Waals surface area contributed by atoms with Gasteiger partial charge in [0.2, 0.25) is 5.91 Å². The Morgan fingerprint density at radius 3 is 2.47 bits per heavy atom. The van der Waals surface area contributed by atoms with Gasteiger partial charge in [-0.2, -0.15) is 0 Å². The third-order valence-electron chi connectivity index (χ3n) is 2.77. The molecular weight excluding hydrogens is 260 g/mol. The van der Waals surface area contributed by atoms with Crippen molar-refractivity contribution in [1.82, 2.24) is 14.8 Å². The van der Waals surface area contributed by atoms with Crippen LogP contribution in [0.4, 0.5) is 0 Å². The maximum atomic E-state index is 11.1. The van der Waals surface area contributed by atoms with Crippen molar-refractivity contribution >= 4 is 17.7 Å². The lowest BCUT2D eigenvalue weighted by Gasteiger charge is -2.10. The summed E-state index contributed by atoms with van der Waals surface area (Å²) in [7, 11) is 0. The first-order valence-electron chi connectivity index (χ1n) is 5.94. The molecule has 1 amide bonds. The molecule has 0 bridgehead atoms. The van der Waals surface area contributed by atoms with Crippen LogP contribution < -0.4 is 5.73 Å². The number of primary amides is 1. The zero-order chi connectivity index (χ0) is 14.0. The van der Waals surface area contributed by atoms with Gasteiger partial charge in [0, 0.05) is 5.69 Å². The lowest BCUT2D eigenvalue weighted by Crippen LogP contribution is -2.23. The average Bonchev–Trinajstić information content (AvgIpc) is 2.72. The predicted molar refractivity (Wildman–Crippen MR) is 75.3 cm³/mol. The molecule has 0 aliphatic rings. The molecule has 0 fully saturated rings. The summed E-state index contributed by atoms with van der Waals surface area (Å²) in [6, 6.07) is 8.07. The van der Waals surface area contributed by atoms with Crippen LogP contribution in [-0.2, 0) is 4.79 Å². The van der Waals surface area contributed by atoms with Crippen molar-refractivity contribution in [2.45, 2.75) is 31.2 Å². The van der Waals surface area contributed by atoms with Crippen LogP contribution in [0, 0.1) is 13.8 Å². The van der Waals surface area contributed by atoms with E-state index in [1.54, 1.807) is 6.92 Å². The van der Waals surface area contributed by atoms with Crippen molar-refractivity contribution in [3.05, 3.63) is 35.7 Å². The molecule has 1 aromatic carbocycles. The Bertz CT molecular complexity index is 591. The first-order valence-corrected chi connectivity index (χ1v) is 6.82. The number of aromatic nitrogens is 3. The van der Waals surface area contributed by atoms with E-state index in [9.17, 15) is 4.79 Å². The zero-order valence-corrected chi connectivity index (χ0v) is 11.9. The maximum Gasteiger partial charge on any atom is 0.230 e. The van der Waals surface area contributed by atoms with Crippen LogP contribution in [0.15, 0.2) is 29.4 Å². The molecule has 1 heterocycles. The number of benzene rings is 1. The van der Waals surface area contributed by atoms with Gasteiger partial charge in [-0.3, -0.25) is 9.36 Å². The Morgan fingerprint density at radius 1 is 1.26 bits per heavy atom. The van der Waals surface area contributed by atoms with Crippen LogP contribution in [0.1, 0.15) is 18.3 Å². The molecule has 2 N–H and O–H groups in total. The zero-order valence-electron chi connectivity index (χ0n) is 11.1. The fourth-order valence-electron chi connectivity index (χ4n) is 1.63. The first kappa shape index (κ1) is 13.6.